The Bertz CT molecular complexity index is 559. The van der Waals surface area contributed by atoms with E-state index >= 15 is 0 Å². The van der Waals surface area contributed by atoms with Crippen molar-refractivity contribution in [3.63, 3.8) is 0 Å². The molecule has 2 aliphatic rings. The third-order valence-corrected chi connectivity index (χ3v) is 4.62. The molecular weight excluding hydrogens is 297 g/mol. The molecule has 1 aromatic rings. The SMILES string of the molecule is Cn1cc(CNC(=O)N2CC(C3CCC3)C2)c(C(F)(F)F)n1. The Labute approximate surface area is 126 Å². The van der Waals surface area contributed by atoms with Gasteiger partial charge in [0.05, 0.1) is 0 Å². The van der Waals surface area contributed by atoms with Gasteiger partial charge in [-0.15, -0.1) is 0 Å². The van der Waals surface area contributed by atoms with Crippen LogP contribution in [0.5, 0.6) is 0 Å². The number of urea groups is 1. The molecule has 0 spiro atoms. The monoisotopic (exact) mass is 316 g/mol. The molecule has 1 N–H and O–H groups in total. The van der Waals surface area contributed by atoms with E-state index in [4.69, 9.17) is 0 Å². The normalized spacial score (nSPS) is 19.7. The molecule has 2 heterocycles. The Morgan fingerprint density at radius 1 is 1.36 bits per heavy atom. The van der Waals surface area contributed by atoms with Crippen molar-refractivity contribution in [3.05, 3.63) is 17.5 Å². The molecule has 0 radical (unpaired) electrons. The summed E-state index contributed by atoms with van der Waals surface area (Å²) in [5, 5.41) is 5.98. The first-order chi connectivity index (χ1) is 10.3. The van der Waals surface area contributed by atoms with Crippen LogP contribution in [0.3, 0.4) is 0 Å². The van der Waals surface area contributed by atoms with Crippen LogP contribution in [0.15, 0.2) is 6.20 Å². The minimum absolute atomic E-state index is 0.0144. The molecule has 0 aromatic carbocycles. The number of likely N-dealkylation sites (tertiary alicyclic amines) is 1. The molecule has 1 aromatic heterocycles. The van der Waals surface area contributed by atoms with E-state index in [-0.39, 0.29) is 18.1 Å². The van der Waals surface area contributed by atoms with Gasteiger partial charge < -0.3 is 10.2 Å². The van der Waals surface area contributed by atoms with Gasteiger partial charge in [0, 0.05) is 38.4 Å². The number of nitrogens with zero attached hydrogens (tertiary/aromatic N) is 3. The Balaban J connectivity index is 1.51. The van der Waals surface area contributed by atoms with E-state index in [1.54, 1.807) is 4.90 Å². The number of rotatable bonds is 3. The molecule has 0 bridgehead atoms. The molecule has 5 nitrogen and oxygen atoms in total. The van der Waals surface area contributed by atoms with Crippen LogP contribution >= 0.6 is 0 Å². The standard InChI is InChI=1S/C14H19F3N4O/c1-20-6-10(12(19-20)14(15,16)17)5-18-13(22)21-7-11(8-21)9-3-2-4-9/h6,9,11H,2-5,7-8H2,1H3,(H,18,22). The fourth-order valence-electron chi connectivity index (χ4n) is 3.08. The van der Waals surface area contributed by atoms with Crippen LogP contribution in [-0.2, 0) is 19.8 Å². The van der Waals surface area contributed by atoms with E-state index in [0.29, 0.717) is 5.92 Å². The second kappa shape index (κ2) is 5.48. The fourth-order valence-corrected chi connectivity index (χ4v) is 3.08. The predicted octanol–water partition coefficient (Wildman–Crippen LogP) is 2.38. The molecule has 3 rings (SSSR count). The molecule has 2 amide bonds. The minimum atomic E-state index is -4.51. The average molecular weight is 316 g/mol. The van der Waals surface area contributed by atoms with Crippen molar-refractivity contribution >= 4 is 6.03 Å². The summed E-state index contributed by atoms with van der Waals surface area (Å²) in [6.07, 6.45) is 0.536. The lowest BCUT2D eigenvalue weighted by Gasteiger charge is -2.46. The quantitative estimate of drug-likeness (QED) is 0.931. The summed E-state index contributed by atoms with van der Waals surface area (Å²) in [6, 6.07) is -0.299. The van der Waals surface area contributed by atoms with Crippen LogP contribution < -0.4 is 5.32 Å². The topological polar surface area (TPSA) is 50.2 Å². The van der Waals surface area contributed by atoms with E-state index in [1.807, 2.05) is 0 Å². The first-order valence-electron chi connectivity index (χ1n) is 7.47. The summed E-state index contributed by atoms with van der Waals surface area (Å²) in [5.41, 5.74) is -0.953. The number of hydrogen-bond acceptors (Lipinski definition) is 2. The van der Waals surface area contributed by atoms with Crippen molar-refractivity contribution in [2.45, 2.75) is 32.0 Å². The van der Waals surface area contributed by atoms with Gasteiger partial charge in [-0.25, -0.2) is 4.79 Å². The second-order valence-electron chi connectivity index (χ2n) is 6.19. The molecule has 22 heavy (non-hydrogen) atoms. The fraction of sp³-hybridized carbons (Fsp3) is 0.714. The van der Waals surface area contributed by atoms with Gasteiger partial charge >= 0.3 is 12.2 Å². The van der Waals surface area contributed by atoms with Gasteiger partial charge in [-0.05, 0) is 11.8 Å². The lowest BCUT2D eigenvalue weighted by molar-refractivity contribution is -0.142. The number of halogens is 3. The zero-order valence-electron chi connectivity index (χ0n) is 12.4. The Morgan fingerprint density at radius 3 is 2.59 bits per heavy atom. The molecule has 0 atom stereocenters. The van der Waals surface area contributed by atoms with Gasteiger partial charge in [-0.2, -0.15) is 18.3 Å². The minimum Gasteiger partial charge on any atom is -0.334 e. The molecule has 122 valence electrons. The zero-order chi connectivity index (χ0) is 15.9. The van der Waals surface area contributed by atoms with Gasteiger partial charge in [-0.1, -0.05) is 19.3 Å². The van der Waals surface area contributed by atoms with E-state index in [9.17, 15) is 18.0 Å². The first kappa shape index (κ1) is 15.2. The largest absolute Gasteiger partial charge is 0.435 e. The van der Waals surface area contributed by atoms with Crippen molar-refractivity contribution in [1.82, 2.24) is 20.0 Å². The number of amides is 2. The van der Waals surface area contributed by atoms with Gasteiger partial charge in [0.2, 0.25) is 0 Å². The Hall–Kier alpha value is -1.73. The number of carbonyl (C=O) groups excluding carboxylic acids is 1. The van der Waals surface area contributed by atoms with Crippen molar-refractivity contribution in [3.8, 4) is 0 Å². The van der Waals surface area contributed by atoms with Gasteiger partial charge in [0.1, 0.15) is 0 Å². The van der Waals surface area contributed by atoms with Crippen LogP contribution in [0.25, 0.3) is 0 Å². The highest BCUT2D eigenvalue weighted by Gasteiger charge is 2.39. The lowest BCUT2D eigenvalue weighted by atomic mass is 9.73. The van der Waals surface area contributed by atoms with Gasteiger partial charge in [0.25, 0.3) is 0 Å². The molecule has 0 unspecified atom stereocenters. The van der Waals surface area contributed by atoms with Crippen LogP contribution in [0.1, 0.15) is 30.5 Å². The summed E-state index contributed by atoms with van der Waals surface area (Å²) in [6.45, 7) is 1.28. The molecular formula is C14H19F3N4O. The number of alkyl halides is 3. The van der Waals surface area contributed by atoms with E-state index in [2.05, 4.69) is 10.4 Å². The van der Waals surface area contributed by atoms with Crippen LogP contribution in [0.2, 0.25) is 0 Å². The lowest BCUT2D eigenvalue weighted by Crippen LogP contribution is -2.56. The summed E-state index contributed by atoms with van der Waals surface area (Å²) in [4.78, 5) is 13.6. The van der Waals surface area contributed by atoms with Crippen molar-refractivity contribution in [2.24, 2.45) is 18.9 Å². The predicted molar refractivity (Wildman–Crippen MR) is 72.8 cm³/mol. The highest BCUT2D eigenvalue weighted by molar-refractivity contribution is 5.75. The smallest absolute Gasteiger partial charge is 0.334 e. The van der Waals surface area contributed by atoms with Crippen LogP contribution in [-0.4, -0.2) is 33.8 Å². The van der Waals surface area contributed by atoms with Crippen molar-refractivity contribution < 1.29 is 18.0 Å². The number of aryl methyl sites for hydroxylation is 1. The van der Waals surface area contributed by atoms with E-state index in [0.717, 1.165) is 23.7 Å². The highest BCUT2D eigenvalue weighted by atomic mass is 19.4. The van der Waals surface area contributed by atoms with Crippen LogP contribution in [0, 0.1) is 11.8 Å². The maximum absolute atomic E-state index is 12.8. The molecule has 1 aliphatic heterocycles. The van der Waals surface area contributed by atoms with Crippen molar-refractivity contribution in [1.29, 1.82) is 0 Å². The zero-order valence-corrected chi connectivity index (χ0v) is 12.4. The third-order valence-electron chi connectivity index (χ3n) is 4.62. The molecule has 8 heteroatoms. The van der Waals surface area contributed by atoms with E-state index < -0.39 is 11.9 Å². The summed E-state index contributed by atoms with van der Waals surface area (Å²) < 4.78 is 39.5. The van der Waals surface area contributed by atoms with E-state index in [1.165, 1.54) is 32.5 Å². The number of carbonyl (C=O) groups is 1. The maximum Gasteiger partial charge on any atom is 0.435 e. The molecule has 1 saturated heterocycles. The molecule has 1 saturated carbocycles. The van der Waals surface area contributed by atoms with Gasteiger partial charge in [-0.3, -0.25) is 4.68 Å². The van der Waals surface area contributed by atoms with Gasteiger partial charge in [0.15, 0.2) is 5.69 Å². The summed E-state index contributed by atoms with van der Waals surface area (Å²) in [7, 11) is 1.43. The molecule has 1 aliphatic carbocycles. The molecule has 2 fully saturated rings. The first-order valence-corrected chi connectivity index (χ1v) is 7.47. The number of nitrogens with one attached hydrogen (secondary N) is 1. The van der Waals surface area contributed by atoms with Crippen LogP contribution in [0.4, 0.5) is 18.0 Å². The third kappa shape index (κ3) is 2.91. The number of aromatic nitrogens is 2. The average Bonchev–Trinajstić information content (AvgIpc) is 2.69. The Kier molecular flexibility index (Phi) is 3.78. The maximum atomic E-state index is 12.8. The Morgan fingerprint density at radius 2 is 2.05 bits per heavy atom. The number of hydrogen-bond donors (Lipinski definition) is 1. The second-order valence-corrected chi connectivity index (χ2v) is 6.19. The summed E-state index contributed by atoms with van der Waals surface area (Å²) >= 11 is 0. The highest BCUT2D eigenvalue weighted by Crippen LogP contribution is 2.38. The van der Waals surface area contributed by atoms with Crippen molar-refractivity contribution in [2.75, 3.05) is 13.1 Å². The summed E-state index contributed by atoms with van der Waals surface area (Å²) in [5.74, 6) is 1.31.